The monoisotopic (exact) mass is 258 g/mol. The zero-order valence-corrected chi connectivity index (χ0v) is 11.4. The van der Waals surface area contributed by atoms with Gasteiger partial charge < -0.3 is 5.32 Å². The van der Waals surface area contributed by atoms with E-state index in [4.69, 9.17) is 0 Å². The predicted molar refractivity (Wildman–Crippen MR) is 75.5 cm³/mol. The maximum absolute atomic E-state index is 12.9. The first-order valence-corrected chi connectivity index (χ1v) is 6.59. The molecule has 0 aliphatic carbocycles. The van der Waals surface area contributed by atoms with Gasteiger partial charge in [-0.05, 0) is 54.8 Å². The minimum absolute atomic E-state index is 0.193. The average molecular weight is 258 g/mol. The van der Waals surface area contributed by atoms with Crippen LogP contribution >= 0.6 is 0 Å². The van der Waals surface area contributed by atoms with Gasteiger partial charge in [-0.1, -0.05) is 19.1 Å². The lowest BCUT2D eigenvalue weighted by Crippen LogP contribution is -2.23. The van der Waals surface area contributed by atoms with Gasteiger partial charge in [0.1, 0.15) is 5.82 Å². The van der Waals surface area contributed by atoms with E-state index in [1.807, 2.05) is 24.4 Å². The van der Waals surface area contributed by atoms with E-state index in [0.717, 1.165) is 18.5 Å². The fourth-order valence-electron chi connectivity index (χ4n) is 2.24. The summed E-state index contributed by atoms with van der Waals surface area (Å²) in [5.41, 5.74) is 3.55. The molecule has 0 bridgehead atoms. The minimum atomic E-state index is -0.193. The third-order valence-electron chi connectivity index (χ3n) is 3.26. The Balaban J connectivity index is 2.21. The molecule has 1 atom stereocenters. The minimum Gasteiger partial charge on any atom is -0.310 e. The second-order valence-corrected chi connectivity index (χ2v) is 4.67. The van der Waals surface area contributed by atoms with E-state index < -0.39 is 0 Å². The molecule has 2 rings (SSSR count). The highest BCUT2D eigenvalue weighted by Crippen LogP contribution is 2.21. The summed E-state index contributed by atoms with van der Waals surface area (Å²) in [5.74, 6) is -0.193. The van der Waals surface area contributed by atoms with Crippen molar-refractivity contribution in [3.05, 3.63) is 65.2 Å². The number of pyridine rings is 1. The molecule has 0 radical (unpaired) electrons. The maximum Gasteiger partial charge on any atom is 0.123 e. The van der Waals surface area contributed by atoms with E-state index in [1.165, 1.54) is 23.3 Å². The van der Waals surface area contributed by atoms with Crippen molar-refractivity contribution in [3.8, 4) is 0 Å². The molecule has 0 saturated carbocycles. The molecular weight excluding hydrogens is 239 g/mol. The van der Waals surface area contributed by atoms with Gasteiger partial charge in [-0.25, -0.2) is 4.39 Å². The topological polar surface area (TPSA) is 24.9 Å². The van der Waals surface area contributed by atoms with Crippen LogP contribution in [0.2, 0.25) is 0 Å². The van der Waals surface area contributed by atoms with Crippen LogP contribution in [0.15, 0.2) is 42.7 Å². The van der Waals surface area contributed by atoms with E-state index in [-0.39, 0.29) is 11.9 Å². The van der Waals surface area contributed by atoms with Crippen molar-refractivity contribution >= 4 is 0 Å². The molecule has 1 aromatic heterocycles. The summed E-state index contributed by atoms with van der Waals surface area (Å²) in [4.78, 5) is 4.20. The van der Waals surface area contributed by atoms with Crippen molar-refractivity contribution in [3.63, 3.8) is 0 Å². The molecule has 1 aromatic carbocycles. The van der Waals surface area contributed by atoms with Crippen molar-refractivity contribution in [1.29, 1.82) is 0 Å². The number of halogens is 1. The Labute approximate surface area is 113 Å². The van der Waals surface area contributed by atoms with Gasteiger partial charge in [0.05, 0.1) is 0 Å². The summed E-state index contributed by atoms with van der Waals surface area (Å²) in [7, 11) is 0. The van der Waals surface area contributed by atoms with Crippen molar-refractivity contribution in [1.82, 2.24) is 10.3 Å². The van der Waals surface area contributed by atoms with Crippen LogP contribution in [0.5, 0.6) is 0 Å². The van der Waals surface area contributed by atoms with Crippen molar-refractivity contribution in [2.24, 2.45) is 0 Å². The lowest BCUT2D eigenvalue weighted by molar-refractivity contribution is 0.544. The second-order valence-electron chi connectivity index (χ2n) is 4.67. The standard InChI is InChI=1S/C16H19FN2/c1-3-19-16(15-11-18-9-8-12(15)2)10-13-4-6-14(17)7-5-13/h4-9,11,16,19H,3,10H2,1-2H3. The third kappa shape index (κ3) is 3.61. The molecule has 0 aliphatic rings. The zero-order valence-electron chi connectivity index (χ0n) is 11.4. The highest BCUT2D eigenvalue weighted by molar-refractivity contribution is 5.28. The molecular formula is C16H19FN2. The molecule has 2 nitrogen and oxygen atoms in total. The summed E-state index contributed by atoms with van der Waals surface area (Å²) in [6.07, 6.45) is 4.55. The number of rotatable bonds is 5. The van der Waals surface area contributed by atoms with Gasteiger partial charge in [-0.2, -0.15) is 0 Å². The van der Waals surface area contributed by atoms with Crippen molar-refractivity contribution in [2.45, 2.75) is 26.3 Å². The quantitative estimate of drug-likeness (QED) is 0.888. The first-order valence-electron chi connectivity index (χ1n) is 6.59. The summed E-state index contributed by atoms with van der Waals surface area (Å²) >= 11 is 0. The summed E-state index contributed by atoms with van der Waals surface area (Å²) in [6.45, 7) is 5.07. The predicted octanol–water partition coefficient (Wildman–Crippen LogP) is 3.42. The van der Waals surface area contributed by atoms with Gasteiger partial charge in [0.25, 0.3) is 0 Å². The molecule has 0 amide bonds. The largest absolute Gasteiger partial charge is 0.310 e. The van der Waals surface area contributed by atoms with Crippen LogP contribution in [0.3, 0.4) is 0 Å². The number of nitrogens with one attached hydrogen (secondary N) is 1. The molecule has 0 aliphatic heterocycles. The first-order chi connectivity index (χ1) is 9.20. The molecule has 3 heteroatoms. The Hall–Kier alpha value is -1.74. The van der Waals surface area contributed by atoms with Gasteiger partial charge in [0, 0.05) is 18.4 Å². The molecule has 0 fully saturated rings. The van der Waals surface area contributed by atoms with E-state index in [2.05, 4.69) is 24.1 Å². The maximum atomic E-state index is 12.9. The van der Waals surface area contributed by atoms with Crippen LogP contribution in [0.1, 0.15) is 29.7 Å². The van der Waals surface area contributed by atoms with Gasteiger partial charge in [0.15, 0.2) is 0 Å². The lowest BCUT2D eigenvalue weighted by atomic mass is 9.97. The van der Waals surface area contributed by atoms with Gasteiger partial charge in [-0.15, -0.1) is 0 Å². The SMILES string of the molecule is CCNC(Cc1ccc(F)cc1)c1cnccc1C. The van der Waals surface area contributed by atoms with Gasteiger partial charge in [0.2, 0.25) is 0 Å². The van der Waals surface area contributed by atoms with E-state index in [9.17, 15) is 4.39 Å². The van der Waals surface area contributed by atoms with E-state index in [0.29, 0.717) is 0 Å². The second kappa shape index (κ2) is 6.43. The number of aromatic nitrogens is 1. The van der Waals surface area contributed by atoms with Crippen LogP contribution in [0.4, 0.5) is 4.39 Å². The smallest absolute Gasteiger partial charge is 0.123 e. The summed E-state index contributed by atoms with van der Waals surface area (Å²) in [6, 6.07) is 8.92. The van der Waals surface area contributed by atoms with Crippen LogP contribution in [-0.4, -0.2) is 11.5 Å². The van der Waals surface area contributed by atoms with Crippen molar-refractivity contribution < 1.29 is 4.39 Å². The normalized spacial score (nSPS) is 12.4. The van der Waals surface area contributed by atoms with Crippen LogP contribution in [0.25, 0.3) is 0 Å². The third-order valence-corrected chi connectivity index (χ3v) is 3.26. The Morgan fingerprint density at radius 2 is 1.95 bits per heavy atom. The number of aryl methyl sites for hydroxylation is 1. The fourth-order valence-corrected chi connectivity index (χ4v) is 2.24. The number of hydrogen-bond donors (Lipinski definition) is 1. The number of likely N-dealkylation sites (N-methyl/N-ethyl adjacent to an activating group) is 1. The molecule has 100 valence electrons. The summed E-state index contributed by atoms with van der Waals surface area (Å²) < 4.78 is 12.9. The van der Waals surface area contributed by atoms with Crippen LogP contribution in [0, 0.1) is 12.7 Å². The lowest BCUT2D eigenvalue weighted by Gasteiger charge is -2.20. The van der Waals surface area contributed by atoms with E-state index in [1.54, 1.807) is 6.20 Å². The van der Waals surface area contributed by atoms with Crippen molar-refractivity contribution in [2.75, 3.05) is 6.54 Å². The van der Waals surface area contributed by atoms with Crippen LogP contribution in [-0.2, 0) is 6.42 Å². The molecule has 19 heavy (non-hydrogen) atoms. The number of hydrogen-bond acceptors (Lipinski definition) is 2. The Morgan fingerprint density at radius 1 is 1.21 bits per heavy atom. The highest BCUT2D eigenvalue weighted by Gasteiger charge is 2.13. The zero-order chi connectivity index (χ0) is 13.7. The molecule has 1 unspecified atom stereocenters. The molecule has 1 N–H and O–H groups in total. The van der Waals surface area contributed by atoms with E-state index >= 15 is 0 Å². The molecule has 0 spiro atoms. The first kappa shape index (κ1) is 13.7. The highest BCUT2D eigenvalue weighted by atomic mass is 19.1. The van der Waals surface area contributed by atoms with Gasteiger partial charge in [-0.3, -0.25) is 4.98 Å². The summed E-state index contributed by atoms with van der Waals surface area (Å²) in [5, 5.41) is 3.47. The fraction of sp³-hybridized carbons (Fsp3) is 0.312. The molecule has 2 aromatic rings. The molecule has 1 heterocycles. The Morgan fingerprint density at radius 3 is 2.58 bits per heavy atom. The van der Waals surface area contributed by atoms with Gasteiger partial charge >= 0.3 is 0 Å². The Kier molecular flexibility index (Phi) is 4.63. The average Bonchev–Trinajstić information content (AvgIpc) is 2.41. The Bertz CT molecular complexity index is 523. The molecule has 0 saturated heterocycles. The number of nitrogens with zero attached hydrogens (tertiary/aromatic N) is 1. The van der Waals surface area contributed by atoms with Crippen LogP contribution < -0.4 is 5.32 Å². The number of benzene rings is 1.